The van der Waals surface area contributed by atoms with Crippen LogP contribution in [-0.4, -0.2) is 25.8 Å². The summed E-state index contributed by atoms with van der Waals surface area (Å²) in [6.45, 7) is 0.403. The van der Waals surface area contributed by atoms with E-state index in [0.29, 0.717) is 6.54 Å². The molecule has 0 aliphatic rings. The van der Waals surface area contributed by atoms with Crippen molar-refractivity contribution in [2.45, 2.75) is 6.54 Å². The summed E-state index contributed by atoms with van der Waals surface area (Å²) in [6, 6.07) is 9.47. The van der Waals surface area contributed by atoms with Gasteiger partial charge >= 0.3 is 5.97 Å². The van der Waals surface area contributed by atoms with Gasteiger partial charge in [0.25, 0.3) is 5.82 Å². The predicted molar refractivity (Wildman–Crippen MR) is 57.5 cm³/mol. The topological polar surface area (TPSA) is 68.0 Å². The molecule has 0 spiro atoms. The second-order valence-electron chi connectivity index (χ2n) is 3.15. The first kappa shape index (κ1) is 10.6. The van der Waals surface area contributed by atoms with Crippen LogP contribution in [0.15, 0.2) is 30.3 Å². The lowest BCUT2D eigenvalue weighted by Gasteiger charge is -2.00. The molecule has 0 aliphatic heterocycles. The van der Waals surface area contributed by atoms with Gasteiger partial charge in [-0.3, -0.25) is 0 Å². The van der Waals surface area contributed by atoms with E-state index in [1.54, 1.807) is 0 Å². The van der Waals surface area contributed by atoms with Gasteiger partial charge in [0.2, 0.25) is 5.28 Å². The van der Waals surface area contributed by atoms with Crippen LogP contribution in [0.25, 0.3) is 0 Å². The summed E-state index contributed by atoms with van der Waals surface area (Å²) < 4.78 is 1.35. The van der Waals surface area contributed by atoms with E-state index in [1.165, 1.54) is 4.68 Å². The molecule has 5 nitrogen and oxygen atoms in total. The number of hydrogen-bond acceptors (Lipinski definition) is 3. The first-order chi connectivity index (χ1) is 7.66. The number of rotatable bonds is 3. The Kier molecular flexibility index (Phi) is 2.87. The molecular formula is C10H8ClN3O2. The molecule has 16 heavy (non-hydrogen) atoms. The zero-order valence-electron chi connectivity index (χ0n) is 8.17. The Bertz CT molecular complexity index is 510. The minimum absolute atomic E-state index is 0.0706. The Hall–Kier alpha value is -1.88. The molecule has 0 radical (unpaired) electrons. The lowest BCUT2D eigenvalue weighted by atomic mass is 10.2. The SMILES string of the molecule is O=C(O)c1nc(Cl)n(Cc2ccccc2)n1. The molecule has 1 heterocycles. The Balaban J connectivity index is 2.25. The molecule has 0 fully saturated rings. The van der Waals surface area contributed by atoms with Gasteiger partial charge in [0, 0.05) is 0 Å². The number of carbonyl (C=O) groups is 1. The highest BCUT2D eigenvalue weighted by Crippen LogP contribution is 2.09. The van der Waals surface area contributed by atoms with Gasteiger partial charge in [0.1, 0.15) is 0 Å². The van der Waals surface area contributed by atoms with Crippen molar-refractivity contribution in [3.63, 3.8) is 0 Å². The number of carboxylic acids is 1. The van der Waals surface area contributed by atoms with E-state index in [2.05, 4.69) is 10.1 Å². The van der Waals surface area contributed by atoms with Crippen molar-refractivity contribution in [1.29, 1.82) is 0 Å². The van der Waals surface area contributed by atoms with Crippen LogP contribution in [0.4, 0.5) is 0 Å². The van der Waals surface area contributed by atoms with Crippen LogP contribution in [-0.2, 0) is 6.54 Å². The molecule has 0 saturated heterocycles. The van der Waals surface area contributed by atoms with Gasteiger partial charge in [-0.1, -0.05) is 30.3 Å². The number of benzene rings is 1. The van der Waals surface area contributed by atoms with Crippen LogP contribution >= 0.6 is 11.6 Å². The monoisotopic (exact) mass is 237 g/mol. The van der Waals surface area contributed by atoms with Gasteiger partial charge in [-0.15, -0.1) is 5.10 Å². The molecule has 0 aliphatic carbocycles. The molecule has 1 N–H and O–H groups in total. The van der Waals surface area contributed by atoms with Crippen molar-refractivity contribution in [2.75, 3.05) is 0 Å². The van der Waals surface area contributed by atoms with Crippen LogP contribution in [0.1, 0.15) is 16.2 Å². The van der Waals surface area contributed by atoms with E-state index < -0.39 is 5.97 Å². The summed E-state index contributed by atoms with van der Waals surface area (Å²) in [5.41, 5.74) is 0.978. The van der Waals surface area contributed by atoms with Gasteiger partial charge in [0.15, 0.2) is 0 Å². The molecule has 0 atom stereocenters. The van der Waals surface area contributed by atoms with Crippen LogP contribution in [0.3, 0.4) is 0 Å². The molecule has 82 valence electrons. The maximum absolute atomic E-state index is 10.6. The number of carboxylic acid groups (broad SMARTS) is 1. The molecule has 0 bridgehead atoms. The Morgan fingerprint density at radius 1 is 1.38 bits per heavy atom. The summed E-state index contributed by atoms with van der Waals surface area (Å²) in [5.74, 6) is -1.48. The zero-order valence-corrected chi connectivity index (χ0v) is 8.92. The van der Waals surface area contributed by atoms with E-state index in [0.717, 1.165) is 5.56 Å². The average molecular weight is 238 g/mol. The number of nitrogens with zero attached hydrogens (tertiary/aromatic N) is 3. The minimum atomic E-state index is -1.19. The maximum Gasteiger partial charge on any atom is 0.375 e. The third-order valence-corrected chi connectivity index (χ3v) is 2.27. The number of hydrogen-bond donors (Lipinski definition) is 1. The number of halogens is 1. The van der Waals surface area contributed by atoms with Crippen molar-refractivity contribution in [3.8, 4) is 0 Å². The van der Waals surface area contributed by atoms with Crippen LogP contribution in [0.2, 0.25) is 5.28 Å². The molecule has 1 aromatic heterocycles. The van der Waals surface area contributed by atoms with Crippen molar-refractivity contribution in [3.05, 3.63) is 47.0 Å². The highest BCUT2D eigenvalue weighted by molar-refractivity contribution is 6.28. The molecule has 1 aromatic carbocycles. The fourth-order valence-electron chi connectivity index (χ4n) is 1.27. The van der Waals surface area contributed by atoms with E-state index >= 15 is 0 Å². The molecular weight excluding hydrogens is 230 g/mol. The second-order valence-corrected chi connectivity index (χ2v) is 3.49. The third-order valence-electron chi connectivity index (χ3n) is 1.99. The third kappa shape index (κ3) is 2.20. The Morgan fingerprint density at radius 2 is 2.06 bits per heavy atom. The smallest absolute Gasteiger partial charge is 0.375 e. The van der Waals surface area contributed by atoms with Crippen molar-refractivity contribution >= 4 is 17.6 Å². The molecule has 2 aromatic rings. The highest BCUT2D eigenvalue weighted by atomic mass is 35.5. The van der Waals surface area contributed by atoms with Gasteiger partial charge in [0.05, 0.1) is 6.54 Å². The molecule has 2 rings (SSSR count). The minimum Gasteiger partial charge on any atom is -0.475 e. The quantitative estimate of drug-likeness (QED) is 0.882. The summed E-state index contributed by atoms with van der Waals surface area (Å²) in [6.07, 6.45) is 0. The second kappa shape index (κ2) is 4.32. The molecule has 0 saturated carbocycles. The van der Waals surface area contributed by atoms with Gasteiger partial charge in [-0.25, -0.2) is 9.48 Å². The summed E-state index contributed by atoms with van der Waals surface area (Å²) in [7, 11) is 0. The predicted octanol–water partition coefficient (Wildman–Crippen LogP) is 1.68. The molecule has 6 heteroatoms. The summed E-state index contributed by atoms with van der Waals surface area (Å²) >= 11 is 5.76. The van der Waals surface area contributed by atoms with E-state index in [1.807, 2.05) is 30.3 Å². The van der Waals surface area contributed by atoms with Crippen LogP contribution in [0.5, 0.6) is 0 Å². The van der Waals surface area contributed by atoms with E-state index in [-0.39, 0.29) is 11.1 Å². The summed E-state index contributed by atoms with van der Waals surface area (Å²) in [5, 5.41) is 12.5. The molecule has 0 unspecified atom stereocenters. The zero-order chi connectivity index (χ0) is 11.5. The number of aromatic carboxylic acids is 1. The summed E-state index contributed by atoms with van der Waals surface area (Å²) in [4.78, 5) is 14.2. The average Bonchev–Trinajstić information content (AvgIpc) is 2.62. The number of aromatic nitrogens is 3. The van der Waals surface area contributed by atoms with Crippen LogP contribution < -0.4 is 0 Å². The first-order valence-corrected chi connectivity index (χ1v) is 4.92. The largest absolute Gasteiger partial charge is 0.475 e. The van der Waals surface area contributed by atoms with E-state index in [4.69, 9.17) is 16.7 Å². The van der Waals surface area contributed by atoms with Gasteiger partial charge in [-0.2, -0.15) is 4.98 Å². The first-order valence-electron chi connectivity index (χ1n) is 4.54. The van der Waals surface area contributed by atoms with Crippen molar-refractivity contribution in [1.82, 2.24) is 14.8 Å². The van der Waals surface area contributed by atoms with Crippen molar-refractivity contribution in [2.24, 2.45) is 0 Å². The normalized spacial score (nSPS) is 10.3. The fraction of sp³-hybridized carbons (Fsp3) is 0.100. The highest BCUT2D eigenvalue weighted by Gasteiger charge is 2.13. The Morgan fingerprint density at radius 3 is 2.62 bits per heavy atom. The maximum atomic E-state index is 10.6. The van der Waals surface area contributed by atoms with E-state index in [9.17, 15) is 4.79 Å². The van der Waals surface area contributed by atoms with Crippen molar-refractivity contribution < 1.29 is 9.90 Å². The lowest BCUT2D eigenvalue weighted by Crippen LogP contribution is -2.04. The molecule has 0 amide bonds. The Labute approximate surface area is 96.3 Å². The fourth-order valence-corrected chi connectivity index (χ4v) is 1.45. The lowest BCUT2D eigenvalue weighted by molar-refractivity contribution is 0.0683. The van der Waals surface area contributed by atoms with Gasteiger partial charge < -0.3 is 5.11 Å². The van der Waals surface area contributed by atoms with Crippen LogP contribution in [0, 0.1) is 0 Å². The standard InChI is InChI=1S/C10H8ClN3O2/c11-10-12-8(9(15)16)13-14(10)6-7-4-2-1-3-5-7/h1-5H,6H2,(H,15,16). The van der Waals surface area contributed by atoms with Gasteiger partial charge in [-0.05, 0) is 17.2 Å².